The summed E-state index contributed by atoms with van der Waals surface area (Å²) >= 11 is 5.85. The minimum Gasteiger partial charge on any atom is -0.349 e. The standard InChI is InChI=1S/C20H28ClF2N3O2/c1-3-4-5-6-7-16(17-15(22)9-8-14(21)18(17)23)25-19(27)13-10-11-26(2)20(28)24-12-13/h8-9,13,16H,3-7,10-12H2,1-2H3,(H,24,28)(H,25,27)/t13-,16?/m0/s1. The van der Waals surface area contributed by atoms with Gasteiger partial charge in [-0.2, -0.15) is 0 Å². The fourth-order valence-electron chi connectivity index (χ4n) is 3.34. The molecule has 1 aliphatic heterocycles. The third kappa shape index (κ3) is 5.80. The van der Waals surface area contributed by atoms with Crippen LogP contribution in [0.5, 0.6) is 0 Å². The van der Waals surface area contributed by atoms with E-state index >= 15 is 0 Å². The topological polar surface area (TPSA) is 61.4 Å². The van der Waals surface area contributed by atoms with E-state index < -0.39 is 23.6 Å². The van der Waals surface area contributed by atoms with Crippen molar-refractivity contribution in [2.45, 2.75) is 51.5 Å². The van der Waals surface area contributed by atoms with Crippen molar-refractivity contribution in [1.82, 2.24) is 15.5 Å². The number of hydrogen-bond acceptors (Lipinski definition) is 2. The van der Waals surface area contributed by atoms with Gasteiger partial charge < -0.3 is 15.5 Å². The molecule has 0 spiro atoms. The van der Waals surface area contributed by atoms with Crippen molar-refractivity contribution in [1.29, 1.82) is 0 Å². The number of benzene rings is 1. The number of urea groups is 1. The number of nitrogens with zero attached hydrogens (tertiary/aromatic N) is 1. The zero-order chi connectivity index (χ0) is 20.7. The van der Waals surface area contributed by atoms with Gasteiger partial charge in [-0.15, -0.1) is 0 Å². The van der Waals surface area contributed by atoms with Crippen molar-refractivity contribution in [3.05, 3.63) is 34.4 Å². The lowest BCUT2D eigenvalue weighted by Crippen LogP contribution is -2.40. The van der Waals surface area contributed by atoms with E-state index in [1.165, 1.54) is 11.0 Å². The summed E-state index contributed by atoms with van der Waals surface area (Å²) in [5.41, 5.74) is -0.202. The minimum absolute atomic E-state index is 0.174. The second-order valence-corrected chi connectivity index (χ2v) is 7.67. The Bertz CT molecular complexity index is 702. The summed E-state index contributed by atoms with van der Waals surface area (Å²) in [7, 11) is 1.66. The summed E-state index contributed by atoms with van der Waals surface area (Å²) < 4.78 is 29.0. The van der Waals surface area contributed by atoms with Crippen molar-refractivity contribution in [3.63, 3.8) is 0 Å². The van der Waals surface area contributed by atoms with Crippen molar-refractivity contribution >= 4 is 23.5 Å². The molecule has 1 aromatic carbocycles. The molecule has 2 atom stereocenters. The quantitative estimate of drug-likeness (QED) is 0.488. The molecule has 8 heteroatoms. The lowest BCUT2D eigenvalue weighted by Gasteiger charge is -2.23. The lowest BCUT2D eigenvalue weighted by molar-refractivity contribution is -0.125. The largest absolute Gasteiger partial charge is 0.349 e. The molecule has 1 fully saturated rings. The molecule has 2 N–H and O–H groups in total. The summed E-state index contributed by atoms with van der Waals surface area (Å²) in [4.78, 5) is 26.0. The van der Waals surface area contributed by atoms with Crippen molar-refractivity contribution in [3.8, 4) is 0 Å². The van der Waals surface area contributed by atoms with Crippen LogP contribution in [-0.4, -0.2) is 37.0 Å². The van der Waals surface area contributed by atoms with Crippen LogP contribution in [0.15, 0.2) is 12.1 Å². The SMILES string of the molecule is CCCCCCC(NC(=O)[C@H]1CCN(C)C(=O)NC1)c1c(F)ccc(Cl)c1F. The third-order valence-corrected chi connectivity index (χ3v) is 5.41. The fraction of sp³-hybridized carbons (Fsp3) is 0.600. The molecule has 2 rings (SSSR count). The maximum absolute atomic E-state index is 14.6. The first-order valence-electron chi connectivity index (χ1n) is 9.77. The Labute approximate surface area is 169 Å². The second kappa shape index (κ2) is 10.6. The molecule has 1 unspecified atom stereocenters. The summed E-state index contributed by atoms with van der Waals surface area (Å²) in [5, 5.41) is 5.31. The predicted octanol–water partition coefficient (Wildman–Crippen LogP) is 4.41. The fourth-order valence-corrected chi connectivity index (χ4v) is 3.50. The Morgan fingerprint density at radius 1 is 1.36 bits per heavy atom. The number of nitrogens with one attached hydrogen (secondary N) is 2. The molecular formula is C20H28ClF2N3O2. The monoisotopic (exact) mass is 415 g/mol. The number of hydrogen-bond donors (Lipinski definition) is 2. The number of halogens is 3. The van der Waals surface area contributed by atoms with Crippen LogP contribution in [0.25, 0.3) is 0 Å². The number of carbonyl (C=O) groups is 2. The van der Waals surface area contributed by atoms with Crippen LogP contribution >= 0.6 is 11.6 Å². The summed E-state index contributed by atoms with van der Waals surface area (Å²) in [6.45, 7) is 2.70. The lowest BCUT2D eigenvalue weighted by atomic mass is 9.97. The maximum Gasteiger partial charge on any atom is 0.317 e. The first kappa shape index (κ1) is 22.4. The molecule has 0 radical (unpaired) electrons. The number of amides is 3. The highest BCUT2D eigenvalue weighted by molar-refractivity contribution is 6.30. The van der Waals surface area contributed by atoms with Crippen LogP contribution in [0.2, 0.25) is 5.02 Å². The Hall–Kier alpha value is -1.89. The van der Waals surface area contributed by atoms with Crippen molar-refractivity contribution in [2.75, 3.05) is 20.1 Å². The van der Waals surface area contributed by atoms with E-state index in [2.05, 4.69) is 17.6 Å². The van der Waals surface area contributed by atoms with Gasteiger partial charge in [0, 0.05) is 25.7 Å². The first-order valence-corrected chi connectivity index (χ1v) is 10.2. The van der Waals surface area contributed by atoms with Gasteiger partial charge in [-0.25, -0.2) is 13.6 Å². The van der Waals surface area contributed by atoms with Gasteiger partial charge in [0.15, 0.2) is 0 Å². The zero-order valence-electron chi connectivity index (χ0n) is 16.4. The van der Waals surface area contributed by atoms with Gasteiger partial charge in [0.25, 0.3) is 0 Å². The van der Waals surface area contributed by atoms with Gasteiger partial charge in [0.1, 0.15) is 11.6 Å². The van der Waals surface area contributed by atoms with Gasteiger partial charge in [0.05, 0.1) is 17.0 Å². The highest BCUT2D eigenvalue weighted by atomic mass is 35.5. The molecule has 5 nitrogen and oxygen atoms in total. The molecule has 156 valence electrons. The van der Waals surface area contributed by atoms with Gasteiger partial charge in [-0.1, -0.05) is 44.2 Å². The summed E-state index contributed by atoms with van der Waals surface area (Å²) in [6, 6.07) is 1.24. The zero-order valence-corrected chi connectivity index (χ0v) is 17.1. The third-order valence-electron chi connectivity index (χ3n) is 5.12. The van der Waals surface area contributed by atoms with E-state index in [4.69, 9.17) is 11.6 Å². The van der Waals surface area contributed by atoms with Crippen LogP contribution in [0, 0.1) is 17.6 Å². The molecule has 0 aliphatic carbocycles. The van der Waals surface area contributed by atoms with Crippen LogP contribution in [0.3, 0.4) is 0 Å². The van der Waals surface area contributed by atoms with E-state index in [1.807, 2.05) is 0 Å². The number of unbranched alkanes of at least 4 members (excludes halogenated alkanes) is 3. The van der Waals surface area contributed by atoms with E-state index in [0.29, 0.717) is 19.4 Å². The summed E-state index contributed by atoms with van der Waals surface area (Å²) in [5.74, 6) is -2.35. The van der Waals surface area contributed by atoms with Crippen molar-refractivity contribution < 1.29 is 18.4 Å². The molecule has 1 aliphatic rings. The molecular weight excluding hydrogens is 388 g/mol. The van der Waals surface area contributed by atoms with Gasteiger partial charge >= 0.3 is 6.03 Å². The summed E-state index contributed by atoms with van der Waals surface area (Å²) in [6.07, 6.45) is 4.59. The molecule has 1 aromatic rings. The number of carbonyl (C=O) groups excluding carboxylic acids is 2. The first-order chi connectivity index (χ1) is 13.3. The highest BCUT2D eigenvalue weighted by Gasteiger charge is 2.29. The Balaban J connectivity index is 2.16. The smallest absolute Gasteiger partial charge is 0.317 e. The van der Waals surface area contributed by atoms with E-state index in [1.54, 1.807) is 7.05 Å². The molecule has 1 heterocycles. The molecule has 0 saturated carbocycles. The van der Waals surface area contributed by atoms with E-state index in [9.17, 15) is 18.4 Å². The highest BCUT2D eigenvalue weighted by Crippen LogP contribution is 2.30. The molecule has 3 amide bonds. The van der Waals surface area contributed by atoms with Crippen molar-refractivity contribution in [2.24, 2.45) is 5.92 Å². The molecule has 28 heavy (non-hydrogen) atoms. The molecule has 0 bridgehead atoms. The van der Waals surface area contributed by atoms with Gasteiger partial charge in [0.2, 0.25) is 5.91 Å². The van der Waals surface area contributed by atoms with Crippen LogP contribution in [0.1, 0.15) is 57.1 Å². The maximum atomic E-state index is 14.6. The predicted molar refractivity (Wildman–Crippen MR) is 105 cm³/mol. The second-order valence-electron chi connectivity index (χ2n) is 7.26. The van der Waals surface area contributed by atoms with Crippen LogP contribution in [0.4, 0.5) is 13.6 Å². The molecule has 0 aromatic heterocycles. The minimum atomic E-state index is -0.837. The Morgan fingerprint density at radius 2 is 2.11 bits per heavy atom. The Morgan fingerprint density at radius 3 is 2.82 bits per heavy atom. The Kier molecular flexibility index (Phi) is 8.48. The average Bonchev–Trinajstić information content (AvgIpc) is 2.83. The average molecular weight is 416 g/mol. The van der Waals surface area contributed by atoms with Gasteiger partial charge in [-0.05, 0) is 25.0 Å². The normalized spacial score (nSPS) is 18.4. The van der Waals surface area contributed by atoms with E-state index in [0.717, 1.165) is 31.7 Å². The van der Waals surface area contributed by atoms with E-state index in [-0.39, 0.29) is 29.1 Å². The van der Waals surface area contributed by atoms with Crippen LogP contribution in [-0.2, 0) is 4.79 Å². The molecule has 1 saturated heterocycles. The van der Waals surface area contributed by atoms with Gasteiger partial charge in [-0.3, -0.25) is 4.79 Å². The van der Waals surface area contributed by atoms with Crippen LogP contribution < -0.4 is 10.6 Å². The number of rotatable bonds is 8.